The van der Waals surface area contributed by atoms with Gasteiger partial charge in [-0.05, 0) is 111 Å². The van der Waals surface area contributed by atoms with E-state index in [0.717, 1.165) is 72.3 Å². The SMILES string of the molecule is CC1(c2ccccc2)c2ccccc2-c2c(-c3ccc(-c4cc(-c5ccc6oc7ccccc7c6c5)cc(-c5cc(-c6ccccc6)nc(-c6ccccc6)n5)c4)cc3)cccc21. The highest BCUT2D eigenvalue weighted by molar-refractivity contribution is 6.06. The number of aromatic nitrogens is 2. The molecular weight excluding hydrogens is 765 g/mol. The predicted octanol–water partition coefficient (Wildman–Crippen LogP) is 15.7. The van der Waals surface area contributed by atoms with Crippen LogP contribution in [0.25, 0.3) is 100 Å². The van der Waals surface area contributed by atoms with Gasteiger partial charge in [0.25, 0.3) is 0 Å². The molecule has 0 spiro atoms. The van der Waals surface area contributed by atoms with Crippen LogP contribution in [0.4, 0.5) is 0 Å². The van der Waals surface area contributed by atoms with E-state index < -0.39 is 0 Å². The number of benzene rings is 9. The fraction of sp³-hybridized carbons (Fsp3) is 0.0333. The molecule has 0 bridgehead atoms. The second kappa shape index (κ2) is 14.8. The van der Waals surface area contributed by atoms with Crippen LogP contribution in [0, 0.1) is 0 Å². The quantitative estimate of drug-likeness (QED) is 0.161. The first-order valence-electron chi connectivity index (χ1n) is 21.6. The van der Waals surface area contributed by atoms with Gasteiger partial charge < -0.3 is 4.42 Å². The fourth-order valence-electron chi connectivity index (χ4n) is 9.79. The standard InChI is InChI=1S/C60H40N2O/c1-60(47-20-9-4-10-21-47)52-25-13-11-23-50(52)58-48(24-15-26-53(58)60)40-30-28-39(29-31-40)44-34-45(43-32-33-57-51(37-43)49-22-12-14-27-56(49)63-57)36-46(35-44)55-38-54(41-16-5-2-6-17-41)61-59(62-55)42-18-7-3-8-19-42/h2-38H,1H3. The van der Waals surface area contributed by atoms with Gasteiger partial charge in [-0.25, -0.2) is 9.97 Å². The summed E-state index contributed by atoms with van der Waals surface area (Å²) in [5.41, 5.74) is 19.7. The smallest absolute Gasteiger partial charge is 0.160 e. The maximum absolute atomic E-state index is 6.25. The first kappa shape index (κ1) is 36.7. The van der Waals surface area contributed by atoms with Crippen LogP contribution in [0.2, 0.25) is 0 Å². The van der Waals surface area contributed by atoms with E-state index in [-0.39, 0.29) is 5.41 Å². The van der Waals surface area contributed by atoms with Crippen LogP contribution in [-0.2, 0) is 5.41 Å². The zero-order valence-electron chi connectivity index (χ0n) is 34.7. The van der Waals surface area contributed by atoms with Crippen molar-refractivity contribution in [1.82, 2.24) is 9.97 Å². The van der Waals surface area contributed by atoms with E-state index in [1.165, 1.54) is 38.9 Å². The largest absolute Gasteiger partial charge is 0.456 e. The summed E-state index contributed by atoms with van der Waals surface area (Å²) in [5.74, 6) is 0.690. The normalized spacial score (nSPS) is 14.2. The minimum Gasteiger partial charge on any atom is -0.456 e. The molecule has 2 aromatic heterocycles. The summed E-state index contributed by atoms with van der Waals surface area (Å²) < 4.78 is 6.25. The molecule has 3 nitrogen and oxygen atoms in total. The lowest BCUT2D eigenvalue weighted by Gasteiger charge is -2.28. The highest BCUT2D eigenvalue weighted by Gasteiger charge is 2.41. The van der Waals surface area contributed by atoms with Gasteiger partial charge in [0.2, 0.25) is 0 Å². The Morgan fingerprint density at radius 1 is 0.349 bits per heavy atom. The Hall–Kier alpha value is -8.14. The summed E-state index contributed by atoms with van der Waals surface area (Å²) in [6, 6.07) is 80.1. The van der Waals surface area contributed by atoms with E-state index >= 15 is 0 Å². The Bertz CT molecular complexity index is 3440. The van der Waals surface area contributed by atoms with Gasteiger partial charge in [-0.1, -0.05) is 182 Å². The Balaban J connectivity index is 1.02. The molecule has 0 aliphatic heterocycles. The third kappa shape index (κ3) is 6.20. The Kier molecular flexibility index (Phi) is 8.62. The number of rotatable bonds is 7. The molecule has 1 unspecified atom stereocenters. The first-order valence-corrected chi connectivity index (χ1v) is 21.6. The third-order valence-corrected chi connectivity index (χ3v) is 13.0. The van der Waals surface area contributed by atoms with E-state index in [4.69, 9.17) is 14.4 Å². The van der Waals surface area contributed by atoms with Crippen LogP contribution in [-0.4, -0.2) is 9.97 Å². The van der Waals surface area contributed by atoms with Gasteiger partial charge in [0.05, 0.1) is 11.4 Å². The number of hydrogen-bond acceptors (Lipinski definition) is 3. The van der Waals surface area contributed by atoms with Crippen LogP contribution >= 0.6 is 0 Å². The van der Waals surface area contributed by atoms with Crippen LogP contribution in [0.15, 0.2) is 229 Å². The topological polar surface area (TPSA) is 38.9 Å². The average molecular weight is 805 g/mol. The molecule has 1 atom stereocenters. The van der Waals surface area contributed by atoms with Crippen molar-refractivity contribution in [2.24, 2.45) is 0 Å². The number of nitrogens with zero attached hydrogens (tertiary/aromatic N) is 2. The highest BCUT2D eigenvalue weighted by atomic mass is 16.3. The molecule has 1 aliphatic rings. The molecule has 1 aliphatic carbocycles. The second-order valence-electron chi connectivity index (χ2n) is 16.6. The zero-order chi connectivity index (χ0) is 41.9. The molecule has 2 heterocycles. The Morgan fingerprint density at radius 3 is 1.68 bits per heavy atom. The van der Waals surface area contributed by atoms with E-state index in [1.807, 2.05) is 36.4 Å². The molecule has 3 heteroatoms. The van der Waals surface area contributed by atoms with E-state index in [1.54, 1.807) is 0 Å². The molecule has 0 N–H and O–H groups in total. The van der Waals surface area contributed by atoms with Crippen LogP contribution in [0.5, 0.6) is 0 Å². The molecule has 0 saturated carbocycles. The molecule has 12 rings (SSSR count). The zero-order valence-corrected chi connectivity index (χ0v) is 34.7. The van der Waals surface area contributed by atoms with Crippen LogP contribution in [0.3, 0.4) is 0 Å². The summed E-state index contributed by atoms with van der Waals surface area (Å²) in [4.78, 5) is 10.4. The summed E-state index contributed by atoms with van der Waals surface area (Å²) >= 11 is 0. The van der Waals surface area contributed by atoms with Crippen molar-refractivity contribution in [2.45, 2.75) is 12.3 Å². The van der Waals surface area contributed by atoms with E-state index in [0.29, 0.717) is 5.82 Å². The van der Waals surface area contributed by atoms with E-state index in [2.05, 4.69) is 195 Å². The number of furan rings is 1. The number of para-hydroxylation sites is 1. The lowest BCUT2D eigenvalue weighted by molar-refractivity contribution is 0.669. The molecular formula is C60H40N2O. The summed E-state index contributed by atoms with van der Waals surface area (Å²) in [6.45, 7) is 2.38. The molecule has 9 aromatic carbocycles. The summed E-state index contributed by atoms with van der Waals surface area (Å²) in [7, 11) is 0. The van der Waals surface area contributed by atoms with Crippen molar-refractivity contribution >= 4 is 21.9 Å². The Labute approximate surface area is 366 Å². The first-order chi connectivity index (χ1) is 31.1. The van der Waals surface area contributed by atoms with Crippen molar-refractivity contribution in [3.05, 3.63) is 241 Å². The van der Waals surface area contributed by atoms with Gasteiger partial charge in [0.1, 0.15) is 11.2 Å². The molecule has 0 amide bonds. The van der Waals surface area contributed by atoms with Crippen LogP contribution in [0.1, 0.15) is 23.6 Å². The molecule has 0 fully saturated rings. The summed E-state index contributed by atoms with van der Waals surface area (Å²) in [5, 5.41) is 2.20. The van der Waals surface area contributed by atoms with Crippen LogP contribution < -0.4 is 0 Å². The van der Waals surface area contributed by atoms with Crippen molar-refractivity contribution in [3.63, 3.8) is 0 Å². The average Bonchev–Trinajstić information content (AvgIpc) is 3.87. The monoisotopic (exact) mass is 804 g/mol. The predicted molar refractivity (Wildman–Crippen MR) is 259 cm³/mol. The molecule has 11 aromatic rings. The molecule has 296 valence electrons. The van der Waals surface area contributed by atoms with Crippen molar-refractivity contribution in [3.8, 4) is 78.4 Å². The van der Waals surface area contributed by atoms with Crippen molar-refractivity contribution < 1.29 is 4.42 Å². The number of hydrogen-bond donors (Lipinski definition) is 0. The van der Waals surface area contributed by atoms with Gasteiger partial charge in [-0.3, -0.25) is 0 Å². The molecule has 0 radical (unpaired) electrons. The van der Waals surface area contributed by atoms with Crippen molar-refractivity contribution in [1.29, 1.82) is 0 Å². The van der Waals surface area contributed by atoms with Crippen molar-refractivity contribution in [2.75, 3.05) is 0 Å². The van der Waals surface area contributed by atoms with E-state index in [9.17, 15) is 0 Å². The summed E-state index contributed by atoms with van der Waals surface area (Å²) in [6.07, 6.45) is 0. The minimum absolute atomic E-state index is 0.256. The minimum atomic E-state index is -0.256. The lowest BCUT2D eigenvalue weighted by atomic mass is 9.74. The van der Waals surface area contributed by atoms with Gasteiger partial charge in [0.15, 0.2) is 5.82 Å². The van der Waals surface area contributed by atoms with Gasteiger partial charge in [0, 0.05) is 32.9 Å². The molecule has 63 heavy (non-hydrogen) atoms. The maximum atomic E-state index is 6.25. The third-order valence-electron chi connectivity index (χ3n) is 13.0. The fourth-order valence-corrected chi connectivity index (χ4v) is 9.79. The maximum Gasteiger partial charge on any atom is 0.160 e. The van der Waals surface area contributed by atoms with Gasteiger partial charge in [-0.2, -0.15) is 0 Å². The van der Waals surface area contributed by atoms with Gasteiger partial charge >= 0.3 is 0 Å². The number of fused-ring (bicyclic) bond motifs is 6. The lowest BCUT2D eigenvalue weighted by Crippen LogP contribution is -2.22. The van der Waals surface area contributed by atoms with Gasteiger partial charge in [-0.15, -0.1) is 0 Å². The second-order valence-corrected chi connectivity index (χ2v) is 16.6. The highest BCUT2D eigenvalue weighted by Crippen LogP contribution is 2.55. The Morgan fingerprint density at radius 2 is 0.905 bits per heavy atom. The molecule has 0 saturated heterocycles.